The van der Waals surface area contributed by atoms with Gasteiger partial charge in [0.15, 0.2) is 0 Å². The number of hydrogen-bond acceptors (Lipinski definition) is 3. The molecule has 0 radical (unpaired) electrons. The van der Waals surface area contributed by atoms with E-state index in [2.05, 4.69) is 10.6 Å². The van der Waals surface area contributed by atoms with Crippen molar-refractivity contribution >= 4 is 17.9 Å². The van der Waals surface area contributed by atoms with Crippen molar-refractivity contribution in [2.45, 2.75) is 40.5 Å². The summed E-state index contributed by atoms with van der Waals surface area (Å²) in [6.07, 6.45) is 0.585. The summed E-state index contributed by atoms with van der Waals surface area (Å²) in [6, 6.07) is -0.582. The molecule has 0 aromatic rings. The normalized spacial score (nSPS) is 11.2. The van der Waals surface area contributed by atoms with Gasteiger partial charge in [-0.15, -0.1) is 0 Å². The third kappa shape index (κ3) is 6.88. The summed E-state index contributed by atoms with van der Waals surface area (Å²) < 4.78 is 0. The molecular weight excluding hydrogens is 236 g/mol. The van der Waals surface area contributed by atoms with Gasteiger partial charge in [0.25, 0.3) is 0 Å². The lowest BCUT2D eigenvalue weighted by Crippen LogP contribution is -2.42. The first-order chi connectivity index (χ1) is 8.15. The number of amides is 3. The fraction of sp³-hybridized carbons (Fsp3) is 0.750. The number of hydrogen-bond donors (Lipinski definition) is 3. The van der Waals surface area contributed by atoms with Gasteiger partial charge in [-0.2, -0.15) is 0 Å². The highest BCUT2D eigenvalue weighted by atomic mass is 16.4. The van der Waals surface area contributed by atoms with Crippen molar-refractivity contribution < 1.29 is 19.5 Å². The monoisotopic (exact) mass is 258 g/mol. The van der Waals surface area contributed by atoms with Crippen LogP contribution in [0.2, 0.25) is 0 Å². The average molecular weight is 258 g/mol. The third-order valence-electron chi connectivity index (χ3n) is 2.44. The van der Waals surface area contributed by atoms with E-state index < -0.39 is 23.3 Å². The number of nitrogens with one attached hydrogen (secondary N) is 2. The van der Waals surface area contributed by atoms with Crippen molar-refractivity contribution in [3.63, 3.8) is 0 Å². The predicted octanol–water partition coefficient (Wildman–Crippen LogP) is 1.36. The first-order valence-electron chi connectivity index (χ1n) is 5.96. The van der Waals surface area contributed by atoms with E-state index in [1.165, 1.54) is 13.8 Å². The Morgan fingerprint density at radius 2 is 1.78 bits per heavy atom. The van der Waals surface area contributed by atoms with Crippen LogP contribution in [0.5, 0.6) is 0 Å². The number of imide groups is 1. The lowest BCUT2D eigenvalue weighted by Gasteiger charge is -2.17. The van der Waals surface area contributed by atoms with Gasteiger partial charge in [0.05, 0.1) is 5.41 Å². The molecule has 0 saturated heterocycles. The number of carbonyl (C=O) groups excluding carboxylic acids is 2. The van der Waals surface area contributed by atoms with Crippen molar-refractivity contribution in [2.24, 2.45) is 11.3 Å². The molecule has 0 spiro atoms. The quantitative estimate of drug-likeness (QED) is 0.670. The summed E-state index contributed by atoms with van der Waals surface area (Å²) in [4.78, 5) is 33.5. The molecule has 104 valence electrons. The van der Waals surface area contributed by atoms with Crippen molar-refractivity contribution in [3.8, 4) is 0 Å². The topological polar surface area (TPSA) is 95.5 Å². The van der Waals surface area contributed by atoms with Crippen LogP contribution in [0, 0.1) is 11.3 Å². The van der Waals surface area contributed by atoms with Gasteiger partial charge >= 0.3 is 12.0 Å². The molecule has 0 aliphatic rings. The summed E-state index contributed by atoms with van der Waals surface area (Å²) in [5.74, 6) is -1.20. The molecule has 6 heteroatoms. The van der Waals surface area contributed by atoms with Crippen LogP contribution in [0.15, 0.2) is 0 Å². The molecule has 0 aromatic heterocycles. The fourth-order valence-electron chi connectivity index (χ4n) is 1.17. The van der Waals surface area contributed by atoms with Gasteiger partial charge in [-0.1, -0.05) is 13.8 Å². The lowest BCUT2D eigenvalue weighted by atomic mass is 9.89. The van der Waals surface area contributed by atoms with Crippen LogP contribution >= 0.6 is 0 Å². The minimum Gasteiger partial charge on any atom is -0.481 e. The van der Waals surface area contributed by atoms with Crippen molar-refractivity contribution in [3.05, 3.63) is 0 Å². The highest BCUT2D eigenvalue weighted by Gasteiger charge is 2.30. The largest absolute Gasteiger partial charge is 0.481 e. The number of aliphatic carboxylic acids is 1. The van der Waals surface area contributed by atoms with Crippen LogP contribution in [0.25, 0.3) is 0 Å². The lowest BCUT2D eigenvalue weighted by molar-refractivity contribution is -0.149. The zero-order valence-electron chi connectivity index (χ0n) is 11.4. The van der Waals surface area contributed by atoms with E-state index in [0.717, 1.165) is 6.42 Å². The highest BCUT2D eigenvalue weighted by Crippen LogP contribution is 2.19. The molecule has 3 amide bonds. The standard InChI is InChI=1S/C12H22N2O4/c1-8(2)5-6-13-11(18)14-9(15)7-12(3,4)10(16)17/h8H,5-7H2,1-4H3,(H,16,17)(H2,13,14,15,18). The maximum Gasteiger partial charge on any atom is 0.321 e. The molecule has 0 aliphatic carbocycles. The number of carboxylic acid groups (broad SMARTS) is 1. The molecule has 18 heavy (non-hydrogen) atoms. The zero-order chi connectivity index (χ0) is 14.3. The number of carbonyl (C=O) groups is 3. The summed E-state index contributed by atoms with van der Waals surface area (Å²) in [5, 5.41) is 13.5. The number of rotatable bonds is 6. The van der Waals surface area contributed by atoms with E-state index in [4.69, 9.17) is 5.11 Å². The predicted molar refractivity (Wildman–Crippen MR) is 67.0 cm³/mol. The van der Waals surface area contributed by atoms with E-state index in [1.54, 1.807) is 0 Å². The molecule has 0 unspecified atom stereocenters. The molecule has 0 rings (SSSR count). The second kappa shape index (κ2) is 6.98. The number of urea groups is 1. The van der Waals surface area contributed by atoms with Crippen molar-refractivity contribution in [1.82, 2.24) is 10.6 Å². The minimum atomic E-state index is -1.18. The van der Waals surface area contributed by atoms with E-state index >= 15 is 0 Å². The molecule has 6 nitrogen and oxygen atoms in total. The Balaban J connectivity index is 4.02. The molecule has 0 aromatic carbocycles. The first kappa shape index (κ1) is 16.4. The van der Waals surface area contributed by atoms with Crippen LogP contribution in [0.4, 0.5) is 4.79 Å². The van der Waals surface area contributed by atoms with Gasteiger partial charge in [0, 0.05) is 13.0 Å². The Bertz CT molecular complexity index is 324. The fourth-order valence-corrected chi connectivity index (χ4v) is 1.17. The second-order valence-corrected chi connectivity index (χ2v) is 5.35. The maximum atomic E-state index is 11.4. The maximum absolute atomic E-state index is 11.4. The summed E-state index contributed by atoms with van der Waals surface area (Å²) in [5.41, 5.74) is -1.18. The Morgan fingerprint density at radius 1 is 1.22 bits per heavy atom. The zero-order valence-corrected chi connectivity index (χ0v) is 11.4. The Kier molecular flexibility index (Phi) is 6.36. The van der Waals surface area contributed by atoms with Gasteiger partial charge in [-0.05, 0) is 26.2 Å². The molecule has 0 bridgehead atoms. The molecule has 0 atom stereocenters. The molecular formula is C12H22N2O4. The Labute approximate surface area is 107 Å². The molecule has 0 aliphatic heterocycles. The van der Waals surface area contributed by atoms with Crippen molar-refractivity contribution in [1.29, 1.82) is 0 Å². The summed E-state index contributed by atoms with van der Waals surface area (Å²) in [7, 11) is 0. The third-order valence-corrected chi connectivity index (χ3v) is 2.44. The van der Waals surface area contributed by atoms with Crippen molar-refractivity contribution in [2.75, 3.05) is 6.54 Å². The van der Waals surface area contributed by atoms with Gasteiger partial charge in [0.1, 0.15) is 0 Å². The molecule has 0 heterocycles. The van der Waals surface area contributed by atoms with Gasteiger partial charge in [-0.25, -0.2) is 4.79 Å². The number of carboxylic acids is 1. The van der Waals surface area contributed by atoms with E-state index in [1.807, 2.05) is 13.8 Å². The highest BCUT2D eigenvalue weighted by molar-refractivity contribution is 5.96. The Morgan fingerprint density at radius 3 is 2.22 bits per heavy atom. The molecule has 0 saturated carbocycles. The van der Waals surface area contributed by atoms with Gasteiger partial charge in [-0.3, -0.25) is 14.9 Å². The molecule has 0 fully saturated rings. The van der Waals surface area contributed by atoms with Crippen LogP contribution in [-0.4, -0.2) is 29.6 Å². The average Bonchev–Trinajstić information content (AvgIpc) is 2.14. The van der Waals surface area contributed by atoms with Crippen LogP contribution < -0.4 is 10.6 Å². The summed E-state index contributed by atoms with van der Waals surface area (Å²) in [6.45, 7) is 7.41. The molecule has 3 N–H and O–H groups in total. The second-order valence-electron chi connectivity index (χ2n) is 5.35. The Hall–Kier alpha value is -1.59. The van der Waals surface area contributed by atoms with Gasteiger partial charge < -0.3 is 10.4 Å². The summed E-state index contributed by atoms with van der Waals surface area (Å²) >= 11 is 0. The SMILES string of the molecule is CC(C)CCNC(=O)NC(=O)CC(C)(C)C(=O)O. The van der Waals surface area contributed by atoms with Crippen LogP contribution in [0.3, 0.4) is 0 Å². The van der Waals surface area contributed by atoms with E-state index in [0.29, 0.717) is 12.5 Å². The van der Waals surface area contributed by atoms with Crippen LogP contribution in [-0.2, 0) is 9.59 Å². The minimum absolute atomic E-state index is 0.236. The van der Waals surface area contributed by atoms with E-state index in [9.17, 15) is 14.4 Å². The smallest absolute Gasteiger partial charge is 0.321 e. The van der Waals surface area contributed by atoms with Crippen LogP contribution in [0.1, 0.15) is 40.5 Å². The van der Waals surface area contributed by atoms with Gasteiger partial charge in [0.2, 0.25) is 5.91 Å². The van der Waals surface area contributed by atoms with E-state index in [-0.39, 0.29) is 6.42 Å². The first-order valence-corrected chi connectivity index (χ1v) is 5.96.